The molecule has 0 aliphatic heterocycles. The van der Waals surface area contributed by atoms with Gasteiger partial charge < -0.3 is 16.4 Å². The fourth-order valence-electron chi connectivity index (χ4n) is 1.52. The lowest BCUT2D eigenvalue weighted by molar-refractivity contribution is -0.116. The first kappa shape index (κ1) is 14.9. The summed E-state index contributed by atoms with van der Waals surface area (Å²) in [4.78, 5) is 23.5. The molecule has 0 saturated heterocycles. The molecular formula is C14H19N3O2. The number of carbonyl (C=O) groups is 2. The van der Waals surface area contributed by atoms with Crippen molar-refractivity contribution >= 4 is 17.5 Å². The van der Waals surface area contributed by atoms with E-state index in [1.807, 2.05) is 0 Å². The second-order valence-corrected chi connectivity index (χ2v) is 3.97. The van der Waals surface area contributed by atoms with Crippen LogP contribution in [0.4, 0.5) is 5.69 Å². The van der Waals surface area contributed by atoms with E-state index in [9.17, 15) is 9.59 Å². The number of allylic oxidation sites excluding steroid dienone is 1. The van der Waals surface area contributed by atoms with Crippen LogP contribution in [0.1, 0.15) is 23.2 Å². The van der Waals surface area contributed by atoms with Crippen molar-refractivity contribution in [3.63, 3.8) is 0 Å². The summed E-state index contributed by atoms with van der Waals surface area (Å²) in [6, 6.07) is 6.87. The Labute approximate surface area is 112 Å². The Balaban J connectivity index is 2.75. The van der Waals surface area contributed by atoms with E-state index in [4.69, 9.17) is 5.73 Å². The number of amides is 2. The fourth-order valence-corrected chi connectivity index (χ4v) is 1.52. The highest BCUT2D eigenvalue weighted by atomic mass is 16.2. The van der Waals surface area contributed by atoms with Gasteiger partial charge in [-0.15, -0.1) is 6.58 Å². The Hall–Kier alpha value is -2.14. The standard InChI is InChI=1S/C14H19N3O2/c1-2-3-8-13(18)17-12-7-5-4-6-11(12)14(19)16-10-9-15/h2,4-7H,1,3,8-10,15H2,(H,16,19)(H,17,18). The zero-order chi connectivity index (χ0) is 14.1. The van der Waals surface area contributed by atoms with Gasteiger partial charge in [0.05, 0.1) is 11.3 Å². The molecule has 5 heteroatoms. The molecule has 19 heavy (non-hydrogen) atoms. The summed E-state index contributed by atoms with van der Waals surface area (Å²) >= 11 is 0. The van der Waals surface area contributed by atoms with E-state index in [2.05, 4.69) is 17.2 Å². The minimum absolute atomic E-state index is 0.140. The van der Waals surface area contributed by atoms with Crippen molar-refractivity contribution in [1.82, 2.24) is 5.32 Å². The van der Waals surface area contributed by atoms with Crippen LogP contribution in [0.5, 0.6) is 0 Å². The van der Waals surface area contributed by atoms with E-state index < -0.39 is 0 Å². The Morgan fingerprint density at radius 2 is 2.05 bits per heavy atom. The van der Waals surface area contributed by atoms with Gasteiger partial charge in [-0.05, 0) is 18.6 Å². The Kier molecular flexibility index (Phi) is 6.32. The van der Waals surface area contributed by atoms with Crippen molar-refractivity contribution in [2.45, 2.75) is 12.8 Å². The number of nitrogens with one attached hydrogen (secondary N) is 2. The highest BCUT2D eigenvalue weighted by Crippen LogP contribution is 2.15. The van der Waals surface area contributed by atoms with Gasteiger partial charge in [0.25, 0.3) is 5.91 Å². The van der Waals surface area contributed by atoms with Gasteiger partial charge in [0, 0.05) is 19.5 Å². The third kappa shape index (κ3) is 4.93. The molecule has 2 amide bonds. The minimum Gasteiger partial charge on any atom is -0.351 e. The quantitative estimate of drug-likeness (QED) is 0.646. The SMILES string of the molecule is C=CCCC(=O)Nc1ccccc1C(=O)NCCN. The Morgan fingerprint density at radius 1 is 1.32 bits per heavy atom. The molecule has 0 aromatic heterocycles. The smallest absolute Gasteiger partial charge is 0.253 e. The molecule has 0 aliphatic carbocycles. The summed E-state index contributed by atoms with van der Waals surface area (Å²) in [5.74, 6) is -0.385. The van der Waals surface area contributed by atoms with E-state index >= 15 is 0 Å². The topological polar surface area (TPSA) is 84.2 Å². The first-order chi connectivity index (χ1) is 9.19. The summed E-state index contributed by atoms with van der Waals surface area (Å²) in [6.07, 6.45) is 2.63. The van der Waals surface area contributed by atoms with Crippen LogP contribution < -0.4 is 16.4 Å². The summed E-state index contributed by atoms with van der Waals surface area (Å²) in [5.41, 5.74) is 6.27. The molecule has 0 saturated carbocycles. The first-order valence-corrected chi connectivity index (χ1v) is 6.17. The maximum Gasteiger partial charge on any atom is 0.253 e. The normalized spacial score (nSPS) is 9.74. The van der Waals surface area contributed by atoms with Crippen LogP contribution in [0.2, 0.25) is 0 Å². The number of benzene rings is 1. The summed E-state index contributed by atoms with van der Waals surface area (Å²) in [7, 11) is 0. The lowest BCUT2D eigenvalue weighted by Crippen LogP contribution is -2.29. The highest BCUT2D eigenvalue weighted by Gasteiger charge is 2.11. The predicted molar refractivity (Wildman–Crippen MR) is 75.9 cm³/mol. The summed E-state index contributed by atoms with van der Waals surface area (Å²) in [6.45, 7) is 4.34. The summed E-state index contributed by atoms with van der Waals surface area (Å²) < 4.78 is 0. The number of rotatable bonds is 7. The van der Waals surface area contributed by atoms with Crippen LogP contribution in [0.25, 0.3) is 0 Å². The number of carbonyl (C=O) groups excluding carboxylic acids is 2. The van der Waals surface area contributed by atoms with Gasteiger partial charge >= 0.3 is 0 Å². The maximum atomic E-state index is 11.9. The van der Waals surface area contributed by atoms with E-state index in [0.29, 0.717) is 37.2 Å². The van der Waals surface area contributed by atoms with Gasteiger partial charge in [0.15, 0.2) is 0 Å². The van der Waals surface area contributed by atoms with E-state index in [-0.39, 0.29) is 11.8 Å². The Bertz CT molecular complexity index is 458. The van der Waals surface area contributed by atoms with Gasteiger partial charge in [-0.1, -0.05) is 18.2 Å². The lowest BCUT2D eigenvalue weighted by Gasteiger charge is -2.10. The van der Waals surface area contributed by atoms with Crippen LogP contribution in [0.15, 0.2) is 36.9 Å². The van der Waals surface area contributed by atoms with Crippen LogP contribution >= 0.6 is 0 Å². The molecule has 1 aromatic rings. The molecule has 5 nitrogen and oxygen atoms in total. The molecule has 102 valence electrons. The molecule has 0 aliphatic rings. The van der Waals surface area contributed by atoms with Crippen molar-refractivity contribution < 1.29 is 9.59 Å². The first-order valence-electron chi connectivity index (χ1n) is 6.17. The highest BCUT2D eigenvalue weighted by molar-refractivity contribution is 6.03. The van der Waals surface area contributed by atoms with E-state index in [0.717, 1.165) is 0 Å². The molecule has 0 bridgehead atoms. The molecular weight excluding hydrogens is 242 g/mol. The van der Waals surface area contributed by atoms with Crippen LogP contribution in [0.3, 0.4) is 0 Å². The molecule has 1 rings (SSSR count). The van der Waals surface area contributed by atoms with Gasteiger partial charge in [-0.25, -0.2) is 0 Å². The number of anilines is 1. The monoisotopic (exact) mass is 261 g/mol. The molecule has 4 N–H and O–H groups in total. The Morgan fingerprint density at radius 3 is 2.74 bits per heavy atom. The van der Waals surface area contributed by atoms with Gasteiger partial charge in [-0.3, -0.25) is 9.59 Å². The molecule has 1 aromatic carbocycles. The predicted octanol–water partition coefficient (Wildman–Crippen LogP) is 1.28. The average Bonchev–Trinajstić information content (AvgIpc) is 2.43. The lowest BCUT2D eigenvalue weighted by atomic mass is 10.1. The van der Waals surface area contributed by atoms with Crippen LogP contribution in [-0.4, -0.2) is 24.9 Å². The van der Waals surface area contributed by atoms with Crippen molar-refractivity contribution in [3.05, 3.63) is 42.5 Å². The molecule has 0 heterocycles. The zero-order valence-electron chi connectivity index (χ0n) is 10.8. The maximum absolute atomic E-state index is 11.9. The number of nitrogens with two attached hydrogens (primary N) is 1. The van der Waals surface area contributed by atoms with Gasteiger partial charge in [-0.2, -0.15) is 0 Å². The van der Waals surface area contributed by atoms with Crippen LogP contribution in [-0.2, 0) is 4.79 Å². The van der Waals surface area contributed by atoms with Gasteiger partial charge in [0.1, 0.15) is 0 Å². The van der Waals surface area contributed by atoms with E-state index in [1.54, 1.807) is 30.3 Å². The number of hydrogen-bond acceptors (Lipinski definition) is 3. The van der Waals surface area contributed by atoms with Gasteiger partial charge in [0.2, 0.25) is 5.91 Å². The molecule has 0 radical (unpaired) electrons. The third-order valence-electron chi connectivity index (χ3n) is 2.45. The minimum atomic E-state index is -0.245. The molecule has 0 fully saturated rings. The van der Waals surface area contributed by atoms with Crippen molar-refractivity contribution in [2.24, 2.45) is 5.73 Å². The van der Waals surface area contributed by atoms with Crippen molar-refractivity contribution in [3.8, 4) is 0 Å². The number of hydrogen-bond donors (Lipinski definition) is 3. The zero-order valence-corrected chi connectivity index (χ0v) is 10.8. The van der Waals surface area contributed by atoms with E-state index in [1.165, 1.54) is 0 Å². The third-order valence-corrected chi connectivity index (χ3v) is 2.45. The second kappa shape index (κ2) is 8.05. The fraction of sp³-hybridized carbons (Fsp3) is 0.286. The summed E-state index contributed by atoms with van der Waals surface area (Å²) in [5, 5.41) is 5.40. The largest absolute Gasteiger partial charge is 0.351 e. The molecule has 0 atom stereocenters. The van der Waals surface area contributed by atoms with Crippen molar-refractivity contribution in [2.75, 3.05) is 18.4 Å². The van der Waals surface area contributed by atoms with Crippen molar-refractivity contribution in [1.29, 1.82) is 0 Å². The second-order valence-electron chi connectivity index (χ2n) is 3.97. The molecule has 0 spiro atoms. The number of para-hydroxylation sites is 1. The van der Waals surface area contributed by atoms with Crippen LogP contribution in [0, 0.1) is 0 Å². The molecule has 0 unspecified atom stereocenters. The average molecular weight is 261 g/mol.